The Hall–Kier alpha value is 0.430. The Morgan fingerprint density at radius 1 is 1.86 bits per heavy atom. The molecule has 0 saturated carbocycles. The van der Waals surface area contributed by atoms with E-state index in [9.17, 15) is 5.11 Å². The minimum atomic E-state index is -0.739. The van der Waals surface area contributed by atoms with Gasteiger partial charge in [0.1, 0.15) is 0 Å². The molecule has 5 heteroatoms. The third-order valence-corrected chi connectivity index (χ3v) is 0.364. The molecular weight excluding hydrogens is 128 g/mol. The van der Waals surface area contributed by atoms with Crippen molar-refractivity contribution in [1.29, 1.82) is 0 Å². The Labute approximate surface area is 68.6 Å². The molecule has 0 rings (SSSR count). The first-order valence-electron chi connectivity index (χ1n) is 1.18. The molecule has 0 fully saturated rings. The summed E-state index contributed by atoms with van der Waals surface area (Å²) in [6.07, 6.45) is 0.729. The van der Waals surface area contributed by atoms with Gasteiger partial charge in [-0.1, -0.05) is 0 Å². The van der Waals surface area contributed by atoms with Crippen molar-refractivity contribution in [3.05, 3.63) is 12.1 Å². The molecule has 36 valence electrons. The van der Waals surface area contributed by atoms with Gasteiger partial charge in [0, 0.05) is 6.20 Å². The van der Waals surface area contributed by atoms with Crippen molar-refractivity contribution in [2.24, 2.45) is 5.73 Å². The summed E-state index contributed by atoms with van der Waals surface area (Å²) in [6, 6.07) is 0. The number of nitrogens with two attached hydrogens (primary N) is 1. The average Bonchev–Trinajstić information content (AvgIpc) is 1.65. The molecule has 0 heterocycles. The Morgan fingerprint density at radius 3 is 2.29 bits per heavy atom. The minimum absolute atomic E-state index is 0. The van der Waals surface area contributed by atoms with Crippen molar-refractivity contribution >= 4 is 11.9 Å². The normalized spacial score (nSPS) is 9.57. The number of rotatable bonds is 1. The van der Waals surface area contributed by atoms with E-state index >= 15 is 0 Å². The first-order chi connectivity index (χ1) is 2.81. The van der Waals surface area contributed by atoms with Gasteiger partial charge in [-0.15, -0.1) is 0 Å². The third-order valence-electron chi connectivity index (χ3n) is 0.212. The summed E-state index contributed by atoms with van der Waals surface area (Å²) < 4.78 is 3.55. The van der Waals surface area contributed by atoms with E-state index in [0.29, 0.717) is 0 Å². The van der Waals surface area contributed by atoms with E-state index in [1.807, 2.05) is 0 Å². The van der Waals surface area contributed by atoms with Crippen LogP contribution in [-0.2, 0) is 4.29 Å². The molecule has 0 spiro atoms. The zero-order valence-electron chi connectivity index (χ0n) is 3.85. The maximum atomic E-state index is 9.65. The van der Waals surface area contributed by atoms with Crippen LogP contribution < -0.4 is 40.4 Å². The van der Waals surface area contributed by atoms with Crippen LogP contribution in [0, 0.1) is 0 Å². The number of hydrogen-bond acceptors (Lipinski definition) is 3. The van der Waals surface area contributed by atoms with Crippen molar-refractivity contribution in [2.75, 3.05) is 0 Å². The zero-order chi connectivity index (χ0) is 4.99. The summed E-state index contributed by atoms with van der Waals surface area (Å²) in [4.78, 5) is 0. The van der Waals surface area contributed by atoms with Gasteiger partial charge in [-0.2, -0.15) is 0 Å². The summed E-state index contributed by atoms with van der Waals surface area (Å²) in [5.74, 6) is -0.739. The van der Waals surface area contributed by atoms with Gasteiger partial charge in [0.2, 0.25) is 0 Å². The Morgan fingerprint density at radius 2 is 2.29 bits per heavy atom. The van der Waals surface area contributed by atoms with Crippen molar-refractivity contribution in [2.45, 2.75) is 0 Å². The van der Waals surface area contributed by atoms with E-state index in [0.717, 1.165) is 6.20 Å². The largest absolute Gasteiger partial charge is 1.00 e. The molecule has 0 aliphatic rings. The zero-order valence-corrected chi connectivity index (χ0v) is 6.61. The summed E-state index contributed by atoms with van der Waals surface area (Å²) in [5.41, 5.74) is 4.60. The quantitative estimate of drug-likeness (QED) is 0.294. The summed E-state index contributed by atoms with van der Waals surface area (Å²) >= 11 is 4.49. The van der Waals surface area contributed by atoms with Crippen LogP contribution in [-0.4, -0.2) is 0 Å². The maximum Gasteiger partial charge on any atom is 1.00 e. The van der Waals surface area contributed by atoms with Crippen LogP contribution in [0.5, 0.6) is 0 Å². The van der Waals surface area contributed by atoms with Crippen molar-refractivity contribution in [3.8, 4) is 0 Å². The third kappa shape index (κ3) is 6.43. The van der Waals surface area contributed by atoms with Crippen molar-refractivity contribution in [1.82, 2.24) is 0 Å². The fourth-order valence-electron chi connectivity index (χ4n) is 0.0257. The standard InChI is InChI=1S/C2H4ClNO2.Na/c3-6-2(5)1-4;/h1,5H,4H2;/q;+1/p-1/b2-1-;. The van der Waals surface area contributed by atoms with Gasteiger partial charge in [-0.25, -0.2) is 0 Å². The summed E-state index contributed by atoms with van der Waals surface area (Å²) in [6.45, 7) is 0. The second kappa shape index (κ2) is 6.43. The van der Waals surface area contributed by atoms with E-state index in [-0.39, 0.29) is 29.6 Å². The number of halogens is 1. The van der Waals surface area contributed by atoms with E-state index in [1.165, 1.54) is 0 Å². The van der Waals surface area contributed by atoms with Gasteiger partial charge in [-0.05, 0) is 11.9 Å². The average molecular weight is 131 g/mol. The maximum absolute atomic E-state index is 9.65. The minimum Gasteiger partial charge on any atom is -0.544 e. The second-order valence-electron chi connectivity index (χ2n) is 0.563. The molecule has 0 atom stereocenters. The predicted molar refractivity (Wildman–Crippen MR) is 19.2 cm³/mol. The van der Waals surface area contributed by atoms with Gasteiger partial charge in [-0.3, -0.25) is 0 Å². The SMILES string of the molecule is N/C=C(/[O-])OCl.[Na+]. The molecule has 0 aromatic rings. The molecule has 2 N–H and O–H groups in total. The van der Waals surface area contributed by atoms with Gasteiger partial charge in [0.25, 0.3) is 0 Å². The summed E-state index contributed by atoms with van der Waals surface area (Å²) in [7, 11) is 0. The topological polar surface area (TPSA) is 58.3 Å². The van der Waals surface area contributed by atoms with Crippen LogP contribution in [0.1, 0.15) is 0 Å². The first kappa shape index (κ1) is 10.4. The molecule has 0 aromatic carbocycles. The Kier molecular flexibility index (Phi) is 9.57. The van der Waals surface area contributed by atoms with Gasteiger partial charge >= 0.3 is 29.6 Å². The smallest absolute Gasteiger partial charge is 0.544 e. The van der Waals surface area contributed by atoms with Crippen molar-refractivity contribution < 1.29 is 39.0 Å². The summed E-state index contributed by atoms with van der Waals surface area (Å²) in [5, 5.41) is 9.65. The van der Waals surface area contributed by atoms with E-state index in [1.54, 1.807) is 0 Å². The molecule has 7 heavy (non-hydrogen) atoms. The molecule has 0 aliphatic heterocycles. The number of hydrogen-bond donors (Lipinski definition) is 1. The molecule has 0 radical (unpaired) electrons. The van der Waals surface area contributed by atoms with Crippen molar-refractivity contribution in [3.63, 3.8) is 0 Å². The van der Waals surface area contributed by atoms with Crippen LogP contribution in [0.15, 0.2) is 12.1 Å². The Balaban J connectivity index is 0. The van der Waals surface area contributed by atoms with Crippen LogP contribution in [0.25, 0.3) is 0 Å². The van der Waals surface area contributed by atoms with Crippen LogP contribution in [0.3, 0.4) is 0 Å². The molecule has 0 unspecified atom stereocenters. The molecule has 3 nitrogen and oxygen atoms in total. The van der Waals surface area contributed by atoms with Crippen LogP contribution in [0.4, 0.5) is 0 Å². The molecular formula is C2H3ClNNaO2. The second-order valence-corrected chi connectivity index (χ2v) is 0.717. The first-order valence-corrected chi connectivity index (χ1v) is 1.49. The van der Waals surface area contributed by atoms with E-state index < -0.39 is 5.95 Å². The molecule has 0 amide bonds. The predicted octanol–water partition coefficient (Wildman–Crippen LogP) is -3.72. The van der Waals surface area contributed by atoms with E-state index in [4.69, 9.17) is 0 Å². The monoisotopic (exact) mass is 131 g/mol. The fraction of sp³-hybridized carbons (Fsp3) is 0. The molecule has 0 aromatic heterocycles. The van der Waals surface area contributed by atoms with E-state index in [2.05, 4.69) is 21.9 Å². The Bertz CT molecular complexity index is 66.7. The van der Waals surface area contributed by atoms with Gasteiger partial charge in [0.15, 0.2) is 0 Å². The van der Waals surface area contributed by atoms with Crippen LogP contribution in [0.2, 0.25) is 0 Å². The molecule has 0 aliphatic carbocycles. The fourth-order valence-corrected chi connectivity index (χ4v) is 0.0772. The molecule has 0 saturated heterocycles. The molecule has 0 bridgehead atoms. The van der Waals surface area contributed by atoms with Crippen LogP contribution >= 0.6 is 11.9 Å². The van der Waals surface area contributed by atoms with Gasteiger partial charge < -0.3 is 15.1 Å². The van der Waals surface area contributed by atoms with Gasteiger partial charge in [0.05, 0.1) is 5.95 Å².